The Hall–Kier alpha value is -0.560. The SMILES string of the molecule is Brc1ccc(/C=C/C2CCCCC2)cc1. The first-order chi connectivity index (χ1) is 7.34. The lowest BCUT2D eigenvalue weighted by molar-refractivity contribution is 0.420. The molecule has 80 valence electrons. The summed E-state index contributed by atoms with van der Waals surface area (Å²) in [5, 5.41) is 0. The molecule has 1 aromatic carbocycles. The summed E-state index contributed by atoms with van der Waals surface area (Å²) >= 11 is 3.45. The van der Waals surface area contributed by atoms with Crippen LogP contribution >= 0.6 is 15.9 Å². The summed E-state index contributed by atoms with van der Waals surface area (Å²) in [7, 11) is 0. The molecule has 1 saturated carbocycles. The average molecular weight is 265 g/mol. The summed E-state index contributed by atoms with van der Waals surface area (Å²) < 4.78 is 1.15. The molecule has 0 nitrogen and oxygen atoms in total. The largest absolute Gasteiger partial charge is 0.0808 e. The van der Waals surface area contributed by atoms with E-state index in [4.69, 9.17) is 0 Å². The van der Waals surface area contributed by atoms with Gasteiger partial charge in [-0.05, 0) is 36.5 Å². The van der Waals surface area contributed by atoms with Gasteiger partial charge in [0, 0.05) is 4.47 Å². The van der Waals surface area contributed by atoms with Gasteiger partial charge in [-0.2, -0.15) is 0 Å². The van der Waals surface area contributed by atoms with E-state index >= 15 is 0 Å². The normalized spacial score (nSPS) is 18.5. The van der Waals surface area contributed by atoms with Crippen LogP contribution in [-0.2, 0) is 0 Å². The summed E-state index contributed by atoms with van der Waals surface area (Å²) in [6.45, 7) is 0. The number of hydrogen-bond donors (Lipinski definition) is 0. The zero-order valence-electron chi connectivity index (χ0n) is 8.95. The predicted molar refractivity (Wildman–Crippen MR) is 69.8 cm³/mol. The van der Waals surface area contributed by atoms with Crippen molar-refractivity contribution in [1.82, 2.24) is 0 Å². The van der Waals surface area contributed by atoms with Crippen molar-refractivity contribution in [3.63, 3.8) is 0 Å². The standard InChI is InChI=1S/C14H17Br/c15-14-10-8-13(9-11-14)7-6-12-4-2-1-3-5-12/h6-12H,1-5H2/b7-6+. The highest BCUT2D eigenvalue weighted by atomic mass is 79.9. The summed E-state index contributed by atoms with van der Waals surface area (Å²) in [4.78, 5) is 0. The van der Waals surface area contributed by atoms with Crippen molar-refractivity contribution in [1.29, 1.82) is 0 Å². The quantitative estimate of drug-likeness (QED) is 0.702. The molecule has 0 aromatic heterocycles. The first-order valence-corrected chi connectivity index (χ1v) is 6.58. The van der Waals surface area contributed by atoms with Gasteiger partial charge in [-0.3, -0.25) is 0 Å². The highest BCUT2D eigenvalue weighted by molar-refractivity contribution is 9.10. The monoisotopic (exact) mass is 264 g/mol. The van der Waals surface area contributed by atoms with E-state index in [-0.39, 0.29) is 0 Å². The summed E-state index contributed by atoms with van der Waals surface area (Å²) in [5.41, 5.74) is 1.31. The van der Waals surface area contributed by atoms with Crippen LogP contribution < -0.4 is 0 Å². The van der Waals surface area contributed by atoms with Gasteiger partial charge in [0.1, 0.15) is 0 Å². The number of allylic oxidation sites excluding steroid dienone is 1. The molecule has 2 rings (SSSR count). The van der Waals surface area contributed by atoms with E-state index in [9.17, 15) is 0 Å². The summed E-state index contributed by atoms with van der Waals surface area (Å²) in [5.74, 6) is 0.822. The van der Waals surface area contributed by atoms with E-state index in [2.05, 4.69) is 52.3 Å². The zero-order chi connectivity index (χ0) is 10.5. The molecule has 0 amide bonds. The second kappa shape index (κ2) is 5.50. The third-order valence-electron chi connectivity index (χ3n) is 3.08. The molecule has 0 N–H and O–H groups in total. The van der Waals surface area contributed by atoms with Crippen molar-refractivity contribution in [3.8, 4) is 0 Å². The predicted octanol–water partition coefficient (Wildman–Crippen LogP) is 5.04. The molecule has 0 saturated heterocycles. The van der Waals surface area contributed by atoms with E-state index in [1.54, 1.807) is 0 Å². The minimum atomic E-state index is 0.822. The van der Waals surface area contributed by atoms with Crippen LogP contribution in [0.15, 0.2) is 34.8 Å². The zero-order valence-corrected chi connectivity index (χ0v) is 10.5. The Kier molecular flexibility index (Phi) is 4.01. The molecule has 1 aromatic rings. The third-order valence-corrected chi connectivity index (χ3v) is 3.61. The third kappa shape index (κ3) is 3.49. The first kappa shape index (κ1) is 10.9. The highest BCUT2D eigenvalue weighted by Gasteiger charge is 2.09. The molecule has 1 heteroatoms. The average Bonchev–Trinajstić information content (AvgIpc) is 2.30. The van der Waals surface area contributed by atoms with Crippen LogP contribution in [0.2, 0.25) is 0 Å². The van der Waals surface area contributed by atoms with Gasteiger partial charge in [-0.25, -0.2) is 0 Å². The molecular formula is C14H17Br. The van der Waals surface area contributed by atoms with Gasteiger partial charge in [-0.15, -0.1) is 0 Å². The van der Waals surface area contributed by atoms with Crippen LogP contribution in [0.1, 0.15) is 37.7 Å². The Morgan fingerprint density at radius 3 is 2.33 bits per heavy atom. The Bertz CT molecular complexity index is 318. The maximum atomic E-state index is 3.45. The van der Waals surface area contributed by atoms with Gasteiger partial charge in [0.25, 0.3) is 0 Å². The highest BCUT2D eigenvalue weighted by Crippen LogP contribution is 2.25. The van der Waals surface area contributed by atoms with Crippen molar-refractivity contribution in [3.05, 3.63) is 40.4 Å². The Labute approximate surface area is 101 Å². The van der Waals surface area contributed by atoms with Crippen molar-refractivity contribution in [2.45, 2.75) is 32.1 Å². The fraction of sp³-hybridized carbons (Fsp3) is 0.429. The molecular weight excluding hydrogens is 248 g/mol. The Balaban J connectivity index is 1.95. The van der Waals surface area contributed by atoms with E-state index in [1.165, 1.54) is 37.7 Å². The second-order valence-corrected chi connectivity index (χ2v) is 5.22. The molecule has 0 bridgehead atoms. The molecule has 1 aliphatic rings. The molecule has 0 spiro atoms. The number of benzene rings is 1. The Morgan fingerprint density at radius 1 is 1.00 bits per heavy atom. The molecule has 0 atom stereocenters. The molecule has 0 aliphatic heterocycles. The lowest BCUT2D eigenvalue weighted by Gasteiger charge is -2.17. The van der Waals surface area contributed by atoms with Crippen molar-refractivity contribution >= 4 is 22.0 Å². The fourth-order valence-electron chi connectivity index (χ4n) is 2.15. The maximum absolute atomic E-state index is 3.45. The van der Waals surface area contributed by atoms with Gasteiger partial charge in [0.15, 0.2) is 0 Å². The Morgan fingerprint density at radius 2 is 1.67 bits per heavy atom. The number of halogens is 1. The van der Waals surface area contributed by atoms with E-state index < -0.39 is 0 Å². The summed E-state index contributed by atoms with van der Waals surface area (Å²) in [6.07, 6.45) is 11.7. The van der Waals surface area contributed by atoms with Crippen molar-refractivity contribution in [2.24, 2.45) is 5.92 Å². The van der Waals surface area contributed by atoms with Crippen LogP contribution in [0.4, 0.5) is 0 Å². The van der Waals surface area contributed by atoms with Crippen LogP contribution in [0, 0.1) is 5.92 Å². The number of rotatable bonds is 2. The van der Waals surface area contributed by atoms with Gasteiger partial charge in [0.05, 0.1) is 0 Å². The first-order valence-electron chi connectivity index (χ1n) is 5.78. The van der Waals surface area contributed by atoms with Crippen molar-refractivity contribution < 1.29 is 0 Å². The minimum absolute atomic E-state index is 0.822. The summed E-state index contributed by atoms with van der Waals surface area (Å²) in [6, 6.07) is 8.51. The fourth-order valence-corrected chi connectivity index (χ4v) is 2.41. The van der Waals surface area contributed by atoms with Crippen molar-refractivity contribution in [2.75, 3.05) is 0 Å². The van der Waals surface area contributed by atoms with Gasteiger partial charge in [0.2, 0.25) is 0 Å². The molecule has 1 aliphatic carbocycles. The van der Waals surface area contributed by atoms with E-state index in [1.807, 2.05) is 0 Å². The van der Waals surface area contributed by atoms with Crippen LogP contribution in [0.25, 0.3) is 6.08 Å². The molecule has 15 heavy (non-hydrogen) atoms. The topological polar surface area (TPSA) is 0 Å². The van der Waals surface area contributed by atoms with E-state index in [0.717, 1.165) is 10.4 Å². The molecule has 0 heterocycles. The molecule has 0 unspecified atom stereocenters. The second-order valence-electron chi connectivity index (χ2n) is 4.31. The smallest absolute Gasteiger partial charge is 0.0175 e. The van der Waals surface area contributed by atoms with Crippen LogP contribution in [-0.4, -0.2) is 0 Å². The maximum Gasteiger partial charge on any atom is 0.0175 e. The lowest BCUT2D eigenvalue weighted by atomic mass is 9.89. The number of hydrogen-bond acceptors (Lipinski definition) is 0. The van der Waals surface area contributed by atoms with Crippen LogP contribution in [0.3, 0.4) is 0 Å². The van der Waals surface area contributed by atoms with Gasteiger partial charge in [-0.1, -0.05) is 59.5 Å². The molecule has 0 radical (unpaired) electrons. The minimum Gasteiger partial charge on any atom is -0.0808 e. The lowest BCUT2D eigenvalue weighted by Crippen LogP contribution is -2.02. The van der Waals surface area contributed by atoms with Gasteiger partial charge >= 0.3 is 0 Å². The molecule has 1 fully saturated rings. The van der Waals surface area contributed by atoms with E-state index in [0.29, 0.717) is 0 Å². The van der Waals surface area contributed by atoms with Gasteiger partial charge < -0.3 is 0 Å². The van der Waals surface area contributed by atoms with Crippen LogP contribution in [0.5, 0.6) is 0 Å².